The van der Waals surface area contributed by atoms with Crippen molar-refractivity contribution in [2.24, 2.45) is 0 Å². The van der Waals surface area contributed by atoms with Crippen molar-refractivity contribution >= 4 is 11.9 Å². The summed E-state index contributed by atoms with van der Waals surface area (Å²) in [6.45, 7) is 2.78. The quantitative estimate of drug-likeness (QED) is 0.449. The molecular formula is C24H22O6. The molecule has 0 amide bonds. The Labute approximate surface area is 175 Å². The van der Waals surface area contributed by atoms with Crippen LogP contribution in [0.25, 0.3) is 0 Å². The van der Waals surface area contributed by atoms with E-state index >= 15 is 0 Å². The maximum Gasteiger partial charge on any atom is 0.339 e. The van der Waals surface area contributed by atoms with Crippen LogP contribution in [0.15, 0.2) is 48.5 Å². The highest BCUT2D eigenvalue weighted by Crippen LogP contribution is 2.11. The van der Waals surface area contributed by atoms with E-state index in [9.17, 15) is 19.8 Å². The molecule has 2 N–H and O–H groups in total. The van der Waals surface area contributed by atoms with Gasteiger partial charge in [-0.1, -0.05) is 47.9 Å². The fourth-order valence-electron chi connectivity index (χ4n) is 2.33. The highest BCUT2D eigenvalue weighted by molar-refractivity contribution is 5.93. The molecule has 6 nitrogen and oxygen atoms in total. The summed E-state index contributed by atoms with van der Waals surface area (Å²) in [5.74, 6) is 9.42. The van der Waals surface area contributed by atoms with E-state index in [0.29, 0.717) is 11.1 Å². The molecule has 0 radical (unpaired) electrons. The van der Waals surface area contributed by atoms with Crippen LogP contribution >= 0.6 is 0 Å². The second-order valence-electron chi connectivity index (χ2n) is 6.25. The van der Waals surface area contributed by atoms with Gasteiger partial charge in [-0.15, -0.1) is 0 Å². The molecule has 0 spiro atoms. The van der Waals surface area contributed by atoms with Gasteiger partial charge < -0.3 is 19.7 Å². The molecule has 0 aromatic heterocycles. The molecule has 154 valence electrons. The van der Waals surface area contributed by atoms with E-state index in [4.69, 9.17) is 9.47 Å². The van der Waals surface area contributed by atoms with Crippen molar-refractivity contribution in [2.45, 2.75) is 26.1 Å². The first kappa shape index (κ1) is 22.7. The van der Waals surface area contributed by atoms with E-state index < -0.39 is 24.1 Å². The van der Waals surface area contributed by atoms with E-state index in [-0.39, 0.29) is 24.3 Å². The number of rotatable bonds is 5. The van der Waals surface area contributed by atoms with Gasteiger partial charge in [-0.2, -0.15) is 0 Å². The maximum atomic E-state index is 12.3. The Hall–Kier alpha value is -3.58. The van der Waals surface area contributed by atoms with Gasteiger partial charge in [0.05, 0.1) is 11.1 Å². The number of benzene rings is 2. The largest absolute Gasteiger partial charge is 0.458 e. The van der Waals surface area contributed by atoms with Gasteiger partial charge in [0.1, 0.15) is 25.4 Å². The Morgan fingerprint density at radius 3 is 1.50 bits per heavy atom. The third-order valence-corrected chi connectivity index (χ3v) is 3.68. The van der Waals surface area contributed by atoms with Gasteiger partial charge in [0, 0.05) is 11.1 Å². The van der Waals surface area contributed by atoms with Gasteiger partial charge >= 0.3 is 11.9 Å². The normalized spacial score (nSPS) is 11.7. The lowest BCUT2D eigenvalue weighted by Gasteiger charge is -2.08. The van der Waals surface area contributed by atoms with E-state index in [0.717, 1.165) is 0 Å². The second-order valence-corrected chi connectivity index (χ2v) is 6.25. The first-order valence-corrected chi connectivity index (χ1v) is 9.30. The van der Waals surface area contributed by atoms with Crippen molar-refractivity contribution in [3.8, 4) is 23.7 Å². The molecule has 2 aromatic rings. The molecule has 0 heterocycles. The average molecular weight is 406 g/mol. The Morgan fingerprint density at radius 1 is 0.767 bits per heavy atom. The van der Waals surface area contributed by atoms with E-state index in [1.54, 1.807) is 48.5 Å². The number of hydrogen-bond acceptors (Lipinski definition) is 6. The van der Waals surface area contributed by atoms with Crippen LogP contribution in [0.2, 0.25) is 0 Å². The monoisotopic (exact) mass is 406 g/mol. The minimum Gasteiger partial charge on any atom is -0.458 e. The van der Waals surface area contributed by atoms with Crippen LogP contribution in [-0.2, 0) is 9.47 Å². The number of ether oxygens (including phenoxy) is 2. The Balaban J connectivity index is 1.94. The van der Waals surface area contributed by atoms with Crippen LogP contribution in [0.4, 0.5) is 0 Å². The zero-order valence-corrected chi connectivity index (χ0v) is 16.7. The van der Waals surface area contributed by atoms with Crippen molar-refractivity contribution in [2.75, 3.05) is 13.2 Å². The number of carbonyl (C=O) groups is 2. The maximum absolute atomic E-state index is 12.3. The molecule has 2 unspecified atom stereocenters. The summed E-state index contributed by atoms with van der Waals surface area (Å²) < 4.78 is 10.3. The van der Waals surface area contributed by atoms with Gasteiger partial charge in [0.25, 0.3) is 0 Å². The molecule has 0 saturated heterocycles. The highest BCUT2D eigenvalue weighted by atomic mass is 16.6. The van der Waals surface area contributed by atoms with Crippen LogP contribution in [-0.4, -0.2) is 47.6 Å². The van der Waals surface area contributed by atoms with Gasteiger partial charge in [-0.25, -0.2) is 9.59 Å². The van der Waals surface area contributed by atoms with Gasteiger partial charge in [0.2, 0.25) is 0 Å². The van der Waals surface area contributed by atoms with Crippen LogP contribution in [0.5, 0.6) is 0 Å². The molecule has 0 aliphatic heterocycles. The Kier molecular flexibility index (Phi) is 8.65. The summed E-state index contributed by atoms with van der Waals surface area (Å²) in [5, 5.41) is 18.6. The fraction of sp³-hybridized carbons (Fsp3) is 0.250. The van der Waals surface area contributed by atoms with Gasteiger partial charge in [-0.3, -0.25) is 0 Å². The summed E-state index contributed by atoms with van der Waals surface area (Å²) in [4.78, 5) is 24.6. The SMILES string of the molecule is CC(O)C#Cc1ccccc1C(=O)OCCOC(=O)c1ccccc1C#CC(C)O. The van der Waals surface area contributed by atoms with Crippen LogP contribution in [0.3, 0.4) is 0 Å². The standard InChI is InChI=1S/C24H22O6/c1-17(25)11-13-19-7-3-5-9-21(19)23(27)29-15-16-30-24(28)22-10-6-4-8-20(22)14-12-18(2)26/h3-10,17-18,25-26H,15-16H2,1-2H3. The van der Waals surface area contributed by atoms with Crippen LogP contribution in [0, 0.1) is 23.7 Å². The molecule has 0 aliphatic carbocycles. The summed E-state index contributed by atoms with van der Waals surface area (Å²) >= 11 is 0. The molecule has 0 aliphatic rings. The molecular weight excluding hydrogens is 384 g/mol. The minimum atomic E-state index is -0.818. The topological polar surface area (TPSA) is 93.1 Å². The van der Waals surface area contributed by atoms with Crippen molar-refractivity contribution in [3.05, 3.63) is 70.8 Å². The van der Waals surface area contributed by atoms with E-state index in [2.05, 4.69) is 23.7 Å². The highest BCUT2D eigenvalue weighted by Gasteiger charge is 2.14. The molecule has 2 atom stereocenters. The zero-order chi connectivity index (χ0) is 21.9. The van der Waals surface area contributed by atoms with E-state index in [1.165, 1.54) is 13.8 Å². The minimum absolute atomic E-state index is 0.135. The van der Waals surface area contributed by atoms with E-state index in [1.807, 2.05) is 0 Å². The fourth-order valence-corrected chi connectivity index (χ4v) is 2.33. The number of hydrogen-bond donors (Lipinski definition) is 2. The first-order valence-electron chi connectivity index (χ1n) is 9.30. The third kappa shape index (κ3) is 7.10. The van der Waals surface area contributed by atoms with Crippen molar-refractivity contribution in [1.29, 1.82) is 0 Å². The summed E-state index contributed by atoms with van der Waals surface area (Å²) in [6, 6.07) is 13.2. The van der Waals surface area contributed by atoms with Crippen molar-refractivity contribution in [3.63, 3.8) is 0 Å². The molecule has 0 fully saturated rings. The first-order chi connectivity index (χ1) is 14.4. The van der Waals surface area contributed by atoms with Crippen LogP contribution < -0.4 is 0 Å². The van der Waals surface area contributed by atoms with Crippen molar-refractivity contribution < 1.29 is 29.3 Å². The molecule has 2 aromatic carbocycles. The summed E-state index contributed by atoms with van der Waals surface area (Å²) in [6.07, 6.45) is -1.64. The molecule has 0 bridgehead atoms. The number of carbonyl (C=O) groups excluding carboxylic acids is 2. The predicted molar refractivity (Wildman–Crippen MR) is 111 cm³/mol. The smallest absolute Gasteiger partial charge is 0.339 e. The average Bonchev–Trinajstić information content (AvgIpc) is 2.73. The molecule has 2 rings (SSSR count). The Bertz CT molecular complexity index is 931. The summed E-state index contributed by atoms with van der Waals surface area (Å²) in [5.41, 5.74) is 1.39. The second kappa shape index (κ2) is 11.4. The molecule has 30 heavy (non-hydrogen) atoms. The van der Waals surface area contributed by atoms with Gasteiger partial charge in [-0.05, 0) is 38.1 Å². The zero-order valence-electron chi connectivity index (χ0n) is 16.7. The van der Waals surface area contributed by atoms with Crippen LogP contribution in [0.1, 0.15) is 45.7 Å². The molecule has 6 heteroatoms. The number of aliphatic hydroxyl groups is 2. The number of esters is 2. The lowest BCUT2D eigenvalue weighted by Crippen LogP contribution is -2.15. The Morgan fingerprint density at radius 2 is 1.13 bits per heavy atom. The lowest BCUT2D eigenvalue weighted by atomic mass is 10.1. The van der Waals surface area contributed by atoms with Gasteiger partial charge in [0.15, 0.2) is 0 Å². The predicted octanol–water partition coefficient (Wildman–Crippen LogP) is 2.17. The molecule has 0 saturated carbocycles. The summed E-state index contributed by atoms with van der Waals surface area (Å²) in [7, 11) is 0. The van der Waals surface area contributed by atoms with Crippen molar-refractivity contribution in [1.82, 2.24) is 0 Å². The third-order valence-electron chi connectivity index (χ3n) is 3.68. The lowest BCUT2D eigenvalue weighted by molar-refractivity contribution is 0.0265. The number of aliphatic hydroxyl groups excluding tert-OH is 2.